The second kappa shape index (κ2) is 10.6. The van der Waals surface area contributed by atoms with Crippen molar-refractivity contribution in [1.82, 2.24) is 15.0 Å². The molecule has 4 aromatic rings. The fraction of sp³-hybridized carbons (Fsp3) is 0.250. The van der Waals surface area contributed by atoms with Gasteiger partial charge in [-0.05, 0) is 78.9 Å². The lowest BCUT2D eigenvalue weighted by molar-refractivity contribution is 0.305. The van der Waals surface area contributed by atoms with E-state index < -0.39 is 0 Å². The Kier molecular flexibility index (Phi) is 7.36. The Hall–Kier alpha value is -4.17. The summed E-state index contributed by atoms with van der Waals surface area (Å²) in [5.41, 5.74) is 4.87. The van der Waals surface area contributed by atoms with Crippen molar-refractivity contribution in [2.75, 3.05) is 18.1 Å². The summed E-state index contributed by atoms with van der Waals surface area (Å²) in [6.07, 6.45) is 0.861. The van der Waals surface area contributed by atoms with E-state index in [0.29, 0.717) is 36.0 Å². The first-order chi connectivity index (χ1) is 17.2. The van der Waals surface area contributed by atoms with Crippen LogP contribution in [0, 0.1) is 20.8 Å². The smallest absolute Gasteiger partial charge is 0.233 e. The maximum absolute atomic E-state index is 9.98. The summed E-state index contributed by atoms with van der Waals surface area (Å²) in [6.45, 7) is 5.62. The molecule has 3 aromatic carbocycles. The first kappa shape index (κ1) is 24.9. The number of rotatable bonds is 8. The zero-order chi connectivity index (χ0) is 25.8. The molecule has 8 nitrogen and oxygen atoms in total. The number of aliphatic hydroxyl groups is 1. The van der Waals surface area contributed by atoms with Crippen LogP contribution in [0.1, 0.15) is 39.5 Å². The fourth-order valence-electron chi connectivity index (χ4n) is 4.01. The number of hydrogen-bond acceptors (Lipinski definition) is 8. The molecule has 0 aliphatic rings. The van der Waals surface area contributed by atoms with E-state index in [1.807, 2.05) is 44.2 Å². The molecule has 0 saturated heterocycles. The van der Waals surface area contributed by atoms with Crippen LogP contribution >= 0.6 is 0 Å². The number of benzene rings is 3. The van der Waals surface area contributed by atoms with Crippen LogP contribution in [-0.2, 0) is 12.8 Å². The first-order valence-electron chi connectivity index (χ1n) is 11.7. The molecule has 1 aromatic heterocycles. The molecule has 0 aliphatic carbocycles. The highest BCUT2D eigenvalue weighted by Crippen LogP contribution is 2.28. The van der Waals surface area contributed by atoms with Crippen LogP contribution in [-0.4, -0.2) is 48.5 Å². The van der Waals surface area contributed by atoms with E-state index in [1.165, 1.54) is 0 Å². The third kappa shape index (κ3) is 5.72. The topological polar surface area (TPSA) is 123 Å². The quantitative estimate of drug-likeness (QED) is 0.292. The summed E-state index contributed by atoms with van der Waals surface area (Å²) in [5.74, 6) is 2.14. The highest BCUT2D eigenvalue weighted by molar-refractivity contribution is 5.60. The number of aromatic hydroxyl groups is 3. The first-order valence-corrected chi connectivity index (χ1v) is 11.7. The van der Waals surface area contributed by atoms with Gasteiger partial charge in [0.25, 0.3) is 0 Å². The SMILES string of the molecule is Cc1cc(Cc2nc(Cc3ccc(O)c(C)c3)nc(N(CCO)c3ccc(O)c(C)c3)n2)ccc1O. The van der Waals surface area contributed by atoms with Gasteiger partial charge < -0.3 is 25.3 Å². The summed E-state index contributed by atoms with van der Waals surface area (Å²) in [7, 11) is 0. The van der Waals surface area contributed by atoms with Crippen molar-refractivity contribution in [2.24, 2.45) is 0 Å². The second-order valence-corrected chi connectivity index (χ2v) is 8.91. The molecule has 0 bridgehead atoms. The Morgan fingerprint density at radius 1 is 0.639 bits per heavy atom. The van der Waals surface area contributed by atoms with Crippen molar-refractivity contribution in [1.29, 1.82) is 0 Å². The van der Waals surface area contributed by atoms with Gasteiger partial charge in [-0.25, -0.2) is 4.98 Å². The molecule has 0 fully saturated rings. The zero-order valence-electron chi connectivity index (χ0n) is 20.6. The van der Waals surface area contributed by atoms with Crippen molar-refractivity contribution in [3.05, 3.63) is 94.1 Å². The minimum absolute atomic E-state index is 0.120. The van der Waals surface area contributed by atoms with Crippen LogP contribution in [0.2, 0.25) is 0 Å². The predicted molar refractivity (Wildman–Crippen MR) is 138 cm³/mol. The van der Waals surface area contributed by atoms with E-state index in [2.05, 4.69) is 0 Å². The third-order valence-electron chi connectivity index (χ3n) is 6.02. The molecule has 4 rings (SSSR count). The van der Waals surface area contributed by atoms with Gasteiger partial charge in [0.15, 0.2) is 0 Å². The second-order valence-electron chi connectivity index (χ2n) is 8.91. The summed E-state index contributed by atoms with van der Waals surface area (Å²) in [6, 6.07) is 16.0. The number of hydrogen-bond donors (Lipinski definition) is 4. The van der Waals surface area contributed by atoms with E-state index in [1.54, 1.807) is 36.1 Å². The van der Waals surface area contributed by atoms with Gasteiger partial charge in [0, 0.05) is 25.1 Å². The largest absolute Gasteiger partial charge is 0.508 e. The average Bonchev–Trinajstić information content (AvgIpc) is 2.84. The minimum Gasteiger partial charge on any atom is -0.508 e. The number of aliphatic hydroxyl groups excluding tert-OH is 1. The predicted octanol–water partition coefficient (Wildman–Crippen LogP) is 4.23. The Balaban J connectivity index is 1.78. The molecular formula is C28H30N4O4. The number of phenols is 3. The van der Waals surface area contributed by atoms with Crippen LogP contribution in [0.3, 0.4) is 0 Å². The van der Waals surface area contributed by atoms with E-state index in [-0.39, 0.29) is 30.4 Å². The van der Waals surface area contributed by atoms with E-state index in [0.717, 1.165) is 27.9 Å². The van der Waals surface area contributed by atoms with E-state index in [4.69, 9.17) is 15.0 Å². The number of phenolic OH excluding ortho intramolecular Hbond substituents is 3. The Morgan fingerprint density at radius 3 is 1.56 bits per heavy atom. The van der Waals surface area contributed by atoms with E-state index >= 15 is 0 Å². The standard InChI is InChI=1S/C28H30N4O4/c1-17-12-20(4-7-23(17)34)15-26-29-27(16-21-5-8-24(35)18(2)13-21)31-28(30-26)32(10-11-33)22-6-9-25(36)19(3)14-22/h4-9,12-14,33-36H,10-11,15-16H2,1-3H3. The van der Waals surface area contributed by atoms with Crippen LogP contribution in [0.5, 0.6) is 17.2 Å². The molecular weight excluding hydrogens is 456 g/mol. The molecule has 8 heteroatoms. The van der Waals surface area contributed by atoms with Crippen LogP contribution in [0.25, 0.3) is 0 Å². The Morgan fingerprint density at radius 2 is 1.11 bits per heavy atom. The molecule has 0 aliphatic heterocycles. The number of aromatic nitrogens is 3. The summed E-state index contributed by atoms with van der Waals surface area (Å²) in [4.78, 5) is 16.0. The highest BCUT2D eigenvalue weighted by atomic mass is 16.3. The molecule has 36 heavy (non-hydrogen) atoms. The van der Waals surface area contributed by atoms with Crippen molar-refractivity contribution < 1.29 is 20.4 Å². The molecule has 0 unspecified atom stereocenters. The highest BCUT2D eigenvalue weighted by Gasteiger charge is 2.17. The summed E-state index contributed by atoms with van der Waals surface area (Å²) in [5, 5.41) is 39.6. The maximum atomic E-state index is 9.98. The number of nitrogens with zero attached hydrogens (tertiary/aromatic N) is 4. The van der Waals surface area contributed by atoms with Crippen LogP contribution < -0.4 is 4.90 Å². The van der Waals surface area contributed by atoms with Crippen molar-refractivity contribution in [3.8, 4) is 17.2 Å². The monoisotopic (exact) mass is 486 g/mol. The van der Waals surface area contributed by atoms with Gasteiger partial charge in [-0.1, -0.05) is 24.3 Å². The summed E-state index contributed by atoms with van der Waals surface area (Å²) < 4.78 is 0. The van der Waals surface area contributed by atoms with Gasteiger partial charge in [-0.2, -0.15) is 9.97 Å². The third-order valence-corrected chi connectivity index (χ3v) is 6.02. The molecule has 1 heterocycles. The average molecular weight is 487 g/mol. The fourth-order valence-corrected chi connectivity index (χ4v) is 4.01. The van der Waals surface area contributed by atoms with Gasteiger partial charge in [-0.15, -0.1) is 0 Å². The van der Waals surface area contributed by atoms with E-state index in [9.17, 15) is 20.4 Å². The number of aryl methyl sites for hydroxylation is 3. The lowest BCUT2D eigenvalue weighted by Crippen LogP contribution is -2.25. The van der Waals surface area contributed by atoms with Crippen LogP contribution in [0.4, 0.5) is 11.6 Å². The normalized spacial score (nSPS) is 11.0. The molecule has 0 saturated carbocycles. The zero-order valence-corrected chi connectivity index (χ0v) is 20.6. The molecule has 0 amide bonds. The lowest BCUT2D eigenvalue weighted by Gasteiger charge is -2.23. The van der Waals surface area contributed by atoms with Gasteiger partial charge in [0.05, 0.1) is 6.61 Å². The van der Waals surface area contributed by atoms with Crippen molar-refractivity contribution in [3.63, 3.8) is 0 Å². The Labute approximate surface area is 210 Å². The van der Waals surface area contributed by atoms with Crippen LogP contribution in [0.15, 0.2) is 54.6 Å². The lowest BCUT2D eigenvalue weighted by atomic mass is 10.1. The molecule has 0 spiro atoms. The van der Waals surface area contributed by atoms with Gasteiger partial charge >= 0.3 is 0 Å². The maximum Gasteiger partial charge on any atom is 0.233 e. The number of anilines is 2. The molecule has 4 N–H and O–H groups in total. The molecule has 0 radical (unpaired) electrons. The van der Waals surface area contributed by atoms with Crippen molar-refractivity contribution >= 4 is 11.6 Å². The minimum atomic E-state index is -0.120. The van der Waals surface area contributed by atoms with Gasteiger partial charge in [0.2, 0.25) is 5.95 Å². The van der Waals surface area contributed by atoms with Gasteiger partial charge in [0.1, 0.15) is 28.9 Å². The van der Waals surface area contributed by atoms with Crippen molar-refractivity contribution in [2.45, 2.75) is 33.6 Å². The summed E-state index contributed by atoms with van der Waals surface area (Å²) >= 11 is 0. The molecule has 186 valence electrons. The Bertz CT molecular complexity index is 1320. The molecule has 0 atom stereocenters. The van der Waals surface area contributed by atoms with Gasteiger partial charge in [-0.3, -0.25) is 0 Å².